The Morgan fingerprint density at radius 2 is 1.83 bits per heavy atom. The van der Waals surface area contributed by atoms with Gasteiger partial charge in [-0.15, -0.1) is 0 Å². The van der Waals surface area contributed by atoms with E-state index in [-0.39, 0.29) is 41.9 Å². The number of methoxy groups -OCH3 is 1. The van der Waals surface area contributed by atoms with Gasteiger partial charge in [0.1, 0.15) is 31.0 Å². The second-order valence-corrected chi connectivity index (χ2v) is 14.5. The number of esters is 2. The van der Waals surface area contributed by atoms with Crippen LogP contribution >= 0.6 is 0 Å². The number of rotatable bonds is 5. The Hall–Kier alpha value is -1.56. The van der Waals surface area contributed by atoms with E-state index in [1.54, 1.807) is 6.92 Å². The van der Waals surface area contributed by atoms with Crippen LogP contribution in [0.15, 0.2) is 11.6 Å². The number of carbonyl (C=O) groups excluding carboxylic acids is 2. The summed E-state index contributed by atoms with van der Waals surface area (Å²) in [6.07, 6.45) is 3.36. The standard InChI is InChI=1S/C32H48O10/c1-16-26(35)28(38-5)27(36)29(40-16)42-20-8-10-30(3)19(13-20)6-7-22-21(30)9-11-31(4)25(18-12-24(34)39-15-18)23(41-17(2)33)14-32(22,31)37/h12,16,19-23,25-29,35-37H,6-11,13-15H2,1-5H3/t16-,19-,20+,21+,22-,23+,25+,26+,27-,28+,29+,30+,31-,32+/m0/s1. The van der Waals surface area contributed by atoms with E-state index in [1.807, 2.05) is 0 Å². The van der Waals surface area contributed by atoms with Gasteiger partial charge >= 0.3 is 11.9 Å². The predicted octanol–water partition coefficient (Wildman–Crippen LogP) is 2.65. The molecule has 0 amide bonds. The quantitative estimate of drug-likeness (QED) is 0.322. The van der Waals surface area contributed by atoms with Crippen molar-refractivity contribution in [3.05, 3.63) is 11.6 Å². The lowest BCUT2D eigenvalue weighted by molar-refractivity contribution is -0.313. The summed E-state index contributed by atoms with van der Waals surface area (Å²) in [5.41, 5.74) is -0.720. The predicted molar refractivity (Wildman–Crippen MR) is 149 cm³/mol. The molecule has 42 heavy (non-hydrogen) atoms. The van der Waals surface area contributed by atoms with Crippen molar-refractivity contribution in [1.29, 1.82) is 0 Å². The summed E-state index contributed by atoms with van der Waals surface area (Å²) in [6, 6.07) is 0. The largest absolute Gasteiger partial charge is 0.462 e. The summed E-state index contributed by atoms with van der Waals surface area (Å²) in [5.74, 6) is -0.234. The fourth-order valence-corrected chi connectivity index (χ4v) is 10.4. The Morgan fingerprint density at radius 3 is 2.50 bits per heavy atom. The van der Waals surface area contributed by atoms with Crippen LogP contribution in [0.25, 0.3) is 0 Å². The van der Waals surface area contributed by atoms with Crippen molar-refractivity contribution in [2.24, 2.45) is 34.5 Å². The summed E-state index contributed by atoms with van der Waals surface area (Å²) in [5, 5.41) is 33.8. The molecule has 6 rings (SSSR count). The molecule has 0 aromatic carbocycles. The summed E-state index contributed by atoms with van der Waals surface area (Å²) in [4.78, 5) is 24.2. The number of hydrogen-bond donors (Lipinski definition) is 3. The first-order valence-electron chi connectivity index (χ1n) is 15.8. The van der Waals surface area contributed by atoms with Crippen LogP contribution in [-0.4, -0.2) is 89.5 Å². The van der Waals surface area contributed by atoms with E-state index in [9.17, 15) is 24.9 Å². The summed E-state index contributed by atoms with van der Waals surface area (Å²) < 4.78 is 28.7. The van der Waals surface area contributed by atoms with E-state index in [2.05, 4.69) is 13.8 Å². The van der Waals surface area contributed by atoms with Crippen LogP contribution in [0.3, 0.4) is 0 Å². The van der Waals surface area contributed by atoms with E-state index in [4.69, 9.17) is 23.7 Å². The Bertz CT molecular complexity index is 1110. The molecule has 4 saturated carbocycles. The van der Waals surface area contributed by atoms with Crippen LogP contribution in [0.1, 0.15) is 79.1 Å². The Morgan fingerprint density at radius 1 is 1.07 bits per heavy atom. The van der Waals surface area contributed by atoms with E-state index in [0.717, 1.165) is 50.5 Å². The second kappa shape index (κ2) is 10.8. The topological polar surface area (TPSA) is 141 Å². The van der Waals surface area contributed by atoms with Gasteiger partial charge in [-0.3, -0.25) is 4.79 Å². The van der Waals surface area contributed by atoms with Crippen LogP contribution in [0.5, 0.6) is 0 Å². The van der Waals surface area contributed by atoms with Gasteiger partial charge in [0.25, 0.3) is 0 Å². The van der Waals surface area contributed by atoms with Crippen molar-refractivity contribution in [1.82, 2.24) is 0 Å². The highest BCUT2D eigenvalue weighted by Gasteiger charge is 2.71. The number of hydrogen-bond acceptors (Lipinski definition) is 10. The molecule has 0 aromatic rings. The van der Waals surface area contributed by atoms with E-state index >= 15 is 0 Å². The Labute approximate surface area is 248 Å². The van der Waals surface area contributed by atoms with Crippen LogP contribution in [-0.2, 0) is 33.3 Å². The summed E-state index contributed by atoms with van der Waals surface area (Å²) >= 11 is 0. The van der Waals surface area contributed by atoms with Crippen molar-refractivity contribution in [3.63, 3.8) is 0 Å². The van der Waals surface area contributed by atoms with E-state index < -0.39 is 47.8 Å². The van der Waals surface area contributed by atoms with E-state index in [1.165, 1.54) is 20.1 Å². The van der Waals surface area contributed by atoms with Gasteiger partial charge in [-0.2, -0.15) is 0 Å². The number of aliphatic hydroxyl groups excluding tert-OH is 2. The molecular formula is C32H48O10. The SMILES string of the molecule is CO[C@H]1[C@H](O)[C@@H](O[C@@H]2CC[C@]3(C)[C@@H](CC[C@H]4[C@H]3CC[C@@]3(C)[C@H](C5=CC(=O)OC5)[C@H](OC(C)=O)C[C@@]43O)C2)O[C@@H](C)[C@H]1O. The number of cyclic esters (lactones) is 1. The molecule has 0 aromatic heterocycles. The normalized spacial score (nSPS) is 52.0. The maximum atomic E-state index is 12.7. The molecule has 0 radical (unpaired) electrons. The van der Waals surface area contributed by atoms with Gasteiger partial charge in [0.05, 0.1) is 17.8 Å². The van der Waals surface area contributed by atoms with Crippen molar-refractivity contribution in [3.8, 4) is 0 Å². The van der Waals surface area contributed by atoms with Gasteiger partial charge in [0.2, 0.25) is 0 Å². The first-order chi connectivity index (χ1) is 19.8. The average Bonchev–Trinajstić information content (AvgIpc) is 3.44. The Kier molecular flexibility index (Phi) is 7.84. The highest BCUT2D eigenvalue weighted by atomic mass is 16.7. The van der Waals surface area contributed by atoms with Crippen LogP contribution in [0.2, 0.25) is 0 Å². The molecule has 0 unspecified atom stereocenters. The molecule has 10 nitrogen and oxygen atoms in total. The smallest absolute Gasteiger partial charge is 0.331 e. The number of carbonyl (C=O) groups is 2. The third kappa shape index (κ3) is 4.58. The van der Waals surface area contributed by atoms with E-state index in [0.29, 0.717) is 18.3 Å². The first-order valence-corrected chi connectivity index (χ1v) is 15.8. The van der Waals surface area contributed by atoms with Crippen molar-refractivity contribution >= 4 is 11.9 Å². The first kappa shape index (κ1) is 30.5. The van der Waals surface area contributed by atoms with Crippen LogP contribution in [0, 0.1) is 34.5 Å². The highest BCUT2D eigenvalue weighted by Crippen LogP contribution is 2.70. The minimum absolute atomic E-state index is 0.0190. The van der Waals surface area contributed by atoms with Crippen LogP contribution in [0.4, 0.5) is 0 Å². The molecule has 0 spiro atoms. The maximum Gasteiger partial charge on any atom is 0.331 e. The molecule has 6 aliphatic rings. The molecule has 14 atom stereocenters. The molecular weight excluding hydrogens is 544 g/mol. The van der Waals surface area contributed by atoms with Crippen LogP contribution < -0.4 is 0 Å². The molecule has 10 heteroatoms. The van der Waals surface area contributed by atoms with Gasteiger partial charge in [-0.05, 0) is 80.6 Å². The van der Waals surface area contributed by atoms with Crippen molar-refractivity contribution < 1.29 is 48.6 Å². The number of ether oxygens (including phenoxy) is 5. The van der Waals surface area contributed by atoms with Gasteiger partial charge in [-0.25, -0.2) is 4.79 Å². The molecule has 3 N–H and O–H groups in total. The third-order valence-electron chi connectivity index (χ3n) is 12.6. The van der Waals surface area contributed by atoms with Gasteiger partial charge in [0.15, 0.2) is 6.29 Å². The molecule has 4 aliphatic carbocycles. The van der Waals surface area contributed by atoms with Gasteiger partial charge < -0.3 is 39.0 Å². The van der Waals surface area contributed by atoms with Crippen molar-refractivity contribution in [2.75, 3.05) is 13.7 Å². The number of aliphatic hydroxyl groups is 3. The summed E-state index contributed by atoms with van der Waals surface area (Å²) in [6.45, 7) is 7.85. The zero-order valence-corrected chi connectivity index (χ0v) is 25.5. The molecule has 5 fully saturated rings. The zero-order valence-electron chi connectivity index (χ0n) is 25.5. The lowest BCUT2D eigenvalue weighted by Crippen LogP contribution is -2.62. The number of fused-ring (bicyclic) bond motifs is 5. The second-order valence-electron chi connectivity index (χ2n) is 14.5. The lowest BCUT2D eigenvalue weighted by atomic mass is 9.43. The minimum Gasteiger partial charge on any atom is -0.462 e. The Balaban J connectivity index is 1.20. The molecule has 2 aliphatic heterocycles. The maximum absolute atomic E-state index is 12.7. The minimum atomic E-state index is -1.08. The van der Waals surface area contributed by atoms with Gasteiger partial charge in [0, 0.05) is 37.9 Å². The third-order valence-corrected chi connectivity index (χ3v) is 12.6. The molecule has 2 heterocycles. The zero-order chi connectivity index (χ0) is 30.2. The fraction of sp³-hybridized carbons (Fsp3) is 0.875. The fourth-order valence-electron chi connectivity index (χ4n) is 10.4. The van der Waals surface area contributed by atoms with Crippen molar-refractivity contribution in [2.45, 2.75) is 128 Å². The molecule has 1 saturated heterocycles. The summed E-state index contributed by atoms with van der Waals surface area (Å²) in [7, 11) is 1.47. The molecule has 0 bridgehead atoms. The molecule has 236 valence electrons. The monoisotopic (exact) mass is 592 g/mol. The average molecular weight is 593 g/mol. The van der Waals surface area contributed by atoms with Gasteiger partial charge in [-0.1, -0.05) is 13.8 Å². The lowest BCUT2D eigenvalue weighted by Gasteiger charge is -2.63. The highest BCUT2D eigenvalue weighted by molar-refractivity contribution is 5.85.